The highest BCUT2D eigenvalue weighted by Crippen LogP contribution is 2.23. The Morgan fingerprint density at radius 1 is 1.19 bits per heavy atom. The van der Waals surface area contributed by atoms with Crippen molar-refractivity contribution in [3.63, 3.8) is 0 Å². The summed E-state index contributed by atoms with van der Waals surface area (Å²) in [4.78, 5) is 9.32. The van der Waals surface area contributed by atoms with Gasteiger partial charge in [0.15, 0.2) is 5.96 Å². The molecule has 2 heterocycles. The van der Waals surface area contributed by atoms with E-state index in [1.807, 2.05) is 19.2 Å². The van der Waals surface area contributed by atoms with E-state index in [0.717, 1.165) is 57.5 Å². The lowest BCUT2D eigenvalue weighted by atomic mass is 9.92. The predicted octanol–water partition coefficient (Wildman–Crippen LogP) is 2.75. The molecule has 0 spiro atoms. The predicted molar refractivity (Wildman–Crippen MR) is 107 cm³/mol. The molecule has 1 N–H and O–H groups in total. The molecule has 3 rings (SSSR count). The number of ether oxygens (including phenoxy) is 1. The molecule has 150 valence electrons. The lowest BCUT2D eigenvalue weighted by Gasteiger charge is -2.39. The van der Waals surface area contributed by atoms with Crippen LogP contribution in [0.4, 0.5) is 4.39 Å². The largest absolute Gasteiger partial charge is 0.379 e. The van der Waals surface area contributed by atoms with Crippen LogP contribution < -0.4 is 5.32 Å². The first-order valence-electron chi connectivity index (χ1n) is 10.1. The molecular formula is C21H33FN4O. The standard InChI is InChI=1S/C21H33FN4O/c1-16-12-17(2)15-26(14-16)21(23-3)24-13-20(25-8-10-27-11-9-25)18-4-6-19(22)7-5-18/h4-7,16-17,20H,8-15H2,1-3H3,(H,23,24). The number of likely N-dealkylation sites (tertiary alicyclic amines) is 1. The van der Waals surface area contributed by atoms with E-state index in [1.165, 1.54) is 6.42 Å². The number of guanidine groups is 1. The van der Waals surface area contributed by atoms with Crippen LogP contribution in [-0.4, -0.2) is 68.7 Å². The van der Waals surface area contributed by atoms with Gasteiger partial charge in [-0.05, 0) is 36.0 Å². The molecule has 2 saturated heterocycles. The van der Waals surface area contributed by atoms with Gasteiger partial charge in [0.1, 0.15) is 5.82 Å². The molecule has 0 saturated carbocycles. The number of aliphatic imine (C=N–C) groups is 1. The lowest BCUT2D eigenvalue weighted by molar-refractivity contribution is 0.0168. The Labute approximate surface area is 162 Å². The third-order valence-corrected chi connectivity index (χ3v) is 5.57. The minimum atomic E-state index is -0.195. The van der Waals surface area contributed by atoms with Crippen LogP contribution >= 0.6 is 0 Å². The zero-order valence-electron chi connectivity index (χ0n) is 16.8. The smallest absolute Gasteiger partial charge is 0.193 e. The van der Waals surface area contributed by atoms with Crippen LogP contribution in [-0.2, 0) is 4.74 Å². The van der Waals surface area contributed by atoms with Gasteiger partial charge in [0.25, 0.3) is 0 Å². The molecule has 0 amide bonds. The second kappa shape index (κ2) is 9.51. The fourth-order valence-electron chi connectivity index (χ4n) is 4.39. The number of rotatable bonds is 4. The zero-order chi connectivity index (χ0) is 19.2. The Bertz CT molecular complexity index is 605. The Balaban J connectivity index is 1.70. The number of nitrogens with one attached hydrogen (secondary N) is 1. The average molecular weight is 377 g/mol. The highest BCUT2D eigenvalue weighted by Gasteiger charge is 2.26. The van der Waals surface area contributed by atoms with Gasteiger partial charge in [-0.25, -0.2) is 4.39 Å². The lowest BCUT2D eigenvalue weighted by Crippen LogP contribution is -2.51. The second-order valence-corrected chi connectivity index (χ2v) is 7.99. The molecule has 0 radical (unpaired) electrons. The molecular weight excluding hydrogens is 343 g/mol. The minimum Gasteiger partial charge on any atom is -0.379 e. The van der Waals surface area contributed by atoms with Gasteiger partial charge >= 0.3 is 0 Å². The van der Waals surface area contributed by atoms with E-state index in [9.17, 15) is 4.39 Å². The highest BCUT2D eigenvalue weighted by atomic mass is 19.1. The number of hydrogen-bond donors (Lipinski definition) is 1. The van der Waals surface area contributed by atoms with Gasteiger partial charge in [0.2, 0.25) is 0 Å². The molecule has 0 bridgehead atoms. The summed E-state index contributed by atoms with van der Waals surface area (Å²) in [5.41, 5.74) is 1.13. The molecule has 6 heteroatoms. The monoisotopic (exact) mass is 376 g/mol. The Hall–Kier alpha value is -1.66. The van der Waals surface area contributed by atoms with Crippen molar-refractivity contribution in [1.29, 1.82) is 0 Å². The summed E-state index contributed by atoms with van der Waals surface area (Å²) in [7, 11) is 1.86. The minimum absolute atomic E-state index is 0.172. The van der Waals surface area contributed by atoms with Gasteiger partial charge < -0.3 is 15.0 Å². The van der Waals surface area contributed by atoms with E-state index in [2.05, 4.69) is 34.0 Å². The van der Waals surface area contributed by atoms with Crippen molar-refractivity contribution in [3.8, 4) is 0 Å². The number of benzene rings is 1. The van der Waals surface area contributed by atoms with Gasteiger partial charge in [-0.15, -0.1) is 0 Å². The Morgan fingerprint density at radius 3 is 2.41 bits per heavy atom. The van der Waals surface area contributed by atoms with Crippen LogP contribution in [0.15, 0.2) is 29.3 Å². The molecule has 3 unspecified atom stereocenters. The second-order valence-electron chi connectivity index (χ2n) is 7.99. The van der Waals surface area contributed by atoms with Crippen molar-refractivity contribution in [3.05, 3.63) is 35.6 Å². The van der Waals surface area contributed by atoms with E-state index in [-0.39, 0.29) is 11.9 Å². The number of halogens is 1. The van der Waals surface area contributed by atoms with Gasteiger partial charge in [0.05, 0.1) is 19.3 Å². The summed E-state index contributed by atoms with van der Waals surface area (Å²) in [6, 6.07) is 7.05. The van der Waals surface area contributed by atoms with Crippen LogP contribution in [0, 0.1) is 17.7 Å². The third kappa shape index (κ3) is 5.42. The third-order valence-electron chi connectivity index (χ3n) is 5.57. The quantitative estimate of drug-likeness (QED) is 0.648. The summed E-state index contributed by atoms with van der Waals surface area (Å²) >= 11 is 0. The van der Waals surface area contributed by atoms with Crippen LogP contribution in [0.1, 0.15) is 31.9 Å². The van der Waals surface area contributed by atoms with E-state index in [4.69, 9.17) is 4.74 Å². The molecule has 27 heavy (non-hydrogen) atoms. The van der Waals surface area contributed by atoms with E-state index < -0.39 is 0 Å². The van der Waals surface area contributed by atoms with Crippen molar-refractivity contribution < 1.29 is 9.13 Å². The zero-order valence-corrected chi connectivity index (χ0v) is 16.8. The number of hydrogen-bond acceptors (Lipinski definition) is 3. The number of piperidine rings is 1. The van der Waals surface area contributed by atoms with Crippen molar-refractivity contribution in [2.45, 2.75) is 26.3 Å². The normalized spacial score (nSPS) is 26.1. The maximum absolute atomic E-state index is 13.4. The van der Waals surface area contributed by atoms with Crippen LogP contribution in [0.3, 0.4) is 0 Å². The van der Waals surface area contributed by atoms with Crippen LogP contribution in [0.25, 0.3) is 0 Å². The fraction of sp³-hybridized carbons (Fsp3) is 0.667. The molecule has 0 aliphatic carbocycles. The molecule has 2 aliphatic rings. The highest BCUT2D eigenvalue weighted by molar-refractivity contribution is 5.80. The van der Waals surface area contributed by atoms with E-state index >= 15 is 0 Å². The van der Waals surface area contributed by atoms with Crippen LogP contribution in [0.5, 0.6) is 0 Å². The van der Waals surface area contributed by atoms with Crippen molar-refractivity contribution >= 4 is 5.96 Å². The van der Waals surface area contributed by atoms with Crippen molar-refractivity contribution in [2.75, 3.05) is 53.0 Å². The molecule has 3 atom stereocenters. The summed E-state index contributed by atoms with van der Waals surface area (Å²) in [5, 5.41) is 3.59. The van der Waals surface area contributed by atoms with Gasteiger partial charge in [-0.3, -0.25) is 9.89 Å². The number of nitrogens with zero attached hydrogens (tertiary/aromatic N) is 3. The molecule has 5 nitrogen and oxygen atoms in total. The molecule has 2 fully saturated rings. The topological polar surface area (TPSA) is 40.1 Å². The van der Waals surface area contributed by atoms with E-state index in [1.54, 1.807) is 12.1 Å². The number of morpholine rings is 1. The van der Waals surface area contributed by atoms with Gasteiger partial charge in [-0.1, -0.05) is 26.0 Å². The first-order valence-corrected chi connectivity index (χ1v) is 10.1. The molecule has 0 aromatic heterocycles. The first-order chi connectivity index (χ1) is 13.1. The maximum Gasteiger partial charge on any atom is 0.193 e. The summed E-state index contributed by atoms with van der Waals surface area (Å²) in [5.74, 6) is 2.13. The van der Waals surface area contributed by atoms with Gasteiger partial charge in [0, 0.05) is 39.8 Å². The molecule has 2 aliphatic heterocycles. The molecule has 1 aromatic rings. The summed E-state index contributed by atoms with van der Waals surface area (Å²) in [6.07, 6.45) is 1.28. The van der Waals surface area contributed by atoms with Crippen molar-refractivity contribution in [1.82, 2.24) is 15.1 Å². The van der Waals surface area contributed by atoms with Crippen molar-refractivity contribution in [2.24, 2.45) is 16.8 Å². The fourth-order valence-corrected chi connectivity index (χ4v) is 4.39. The summed E-state index contributed by atoms with van der Waals surface area (Å²) < 4.78 is 18.9. The van der Waals surface area contributed by atoms with Crippen LogP contribution in [0.2, 0.25) is 0 Å². The molecule has 1 aromatic carbocycles. The SMILES string of the molecule is CN=C(NCC(c1ccc(F)cc1)N1CCOCC1)N1CC(C)CC(C)C1. The Kier molecular flexibility index (Phi) is 7.07. The maximum atomic E-state index is 13.4. The van der Waals surface area contributed by atoms with Gasteiger partial charge in [-0.2, -0.15) is 0 Å². The summed E-state index contributed by atoms with van der Waals surface area (Å²) in [6.45, 7) is 10.7. The van der Waals surface area contributed by atoms with E-state index in [0.29, 0.717) is 11.8 Å². The first kappa shape index (κ1) is 20.1. The average Bonchev–Trinajstić information content (AvgIpc) is 2.66. The Morgan fingerprint density at radius 2 is 1.81 bits per heavy atom.